The summed E-state index contributed by atoms with van der Waals surface area (Å²) in [4.78, 5) is 19.5. The van der Waals surface area contributed by atoms with Crippen molar-refractivity contribution in [2.24, 2.45) is 51.0 Å². The predicted molar refractivity (Wildman–Crippen MR) is 313 cm³/mol. The maximum absolute atomic E-state index is 5.69. The van der Waals surface area contributed by atoms with Gasteiger partial charge >= 0.3 is 0 Å². The monoisotopic (exact) mass is 1030 g/mol. The van der Waals surface area contributed by atoms with Gasteiger partial charge in [0, 0.05) is 19.6 Å². The minimum Gasteiger partial charge on any atom is -0.291 e. The largest absolute Gasteiger partial charge is 0.291 e. The van der Waals surface area contributed by atoms with E-state index >= 15 is 0 Å². The topological polar surface area (TPSA) is 114 Å². The molecule has 3 aliphatic rings. The minimum absolute atomic E-state index is 0.564. The molecule has 13 heteroatoms. The summed E-state index contributed by atoms with van der Waals surface area (Å²) < 4.78 is 0. The molecular formula is C62H57N10P3. The Morgan fingerprint density at radius 1 is 0.307 bits per heavy atom. The van der Waals surface area contributed by atoms with E-state index in [0.717, 1.165) is 65.6 Å². The number of rotatable bonds is 6. The second kappa shape index (κ2) is 22.5. The highest BCUT2D eigenvalue weighted by atomic mass is 31.2. The number of hydrogen-bond donors (Lipinski definition) is 0. The molecule has 8 bridgehead atoms. The first-order chi connectivity index (χ1) is 36.9. The van der Waals surface area contributed by atoms with Gasteiger partial charge in [0.05, 0.1) is 38.2 Å². The normalized spacial score (nSPS) is 19.1. The van der Waals surface area contributed by atoms with Crippen LogP contribution in [0.3, 0.4) is 0 Å². The molecular weight excluding hydrogens is 978 g/mol. The lowest BCUT2D eigenvalue weighted by Gasteiger charge is -2.43. The van der Waals surface area contributed by atoms with Crippen LogP contribution in [0.4, 0.5) is 17.1 Å². The number of benzene rings is 9. The third-order valence-electron chi connectivity index (χ3n) is 13.9. The van der Waals surface area contributed by atoms with Crippen LogP contribution in [0.15, 0.2) is 300 Å². The van der Waals surface area contributed by atoms with Crippen molar-refractivity contribution >= 4 is 70.1 Å². The fraction of sp³-hybridized carbons (Fsp3) is 0.129. The second-order valence-corrected chi connectivity index (χ2v) is 28.8. The fourth-order valence-electron chi connectivity index (χ4n) is 10.8. The van der Waals surface area contributed by atoms with Crippen molar-refractivity contribution in [3.8, 4) is 0 Å². The summed E-state index contributed by atoms with van der Waals surface area (Å²) in [6.45, 7) is 4.33. The highest BCUT2D eigenvalue weighted by molar-refractivity contribution is 7.83. The lowest BCUT2D eigenvalue weighted by molar-refractivity contribution is 0.248. The van der Waals surface area contributed by atoms with E-state index in [1.165, 1.54) is 0 Å². The summed E-state index contributed by atoms with van der Waals surface area (Å²) in [6.07, 6.45) is 1.69. The molecule has 0 saturated heterocycles. The van der Waals surface area contributed by atoms with Crippen LogP contribution in [0, 0.1) is 5.41 Å². The van der Waals surface area contributed by atoms with E-state index in [2.05, 4.69) is 248 Å². The zero-order valence-corrected chi connectivity index (χ0v) is 44.5. The zero-order valence-electron chi connectivity index (χ0n) is 41.8. The molecule has 0 aromatic heterocycles. The molecule has 0 amide bonds. The summed E-state index contributed by atoms with van der Waals surface area (Å²) in [6, 6.07) is 89.6. The molecule has 3 heterocycles. The molecule has 0 unspecified atom stereocenters. The molecule has 0 aliphatic carbocycles. The predicted octanol–water partition coefficient (Wildman–Crippen LogP) is 15.5. The van der Waals surface area contributed by atoms with E-state index < -0.39 is 26.6 Å². The van der Waals surface area contributed by atoms with Gasteiger partial charge in [0.2, 0.25) is 0 Å². The molecule has 0 spiro atoms. The molecule has 0 fully saturated rings. The van der Waals surface area contributed by atoms with Crippen molar-refractivity contribution in [3.05, 3.63) is 271 Å². The first-order valence-corrected chi connectivity index (χ1v) is 31.0. The van der Waals surface area contributed by atoms with Crippen LogP contribution in [0.25, 0.3) is 0 Å². The van der Waals surface area contributed by atoms with Crippen molar-refractivity contribution in [2.45, 2.75) is 26.6 Å². The molecule has 370 valence electrons. The average Bonchev–Trinajstić information content (AvgIpc) is 3.46. The number of fused-ring (bicyclic) bond motifs is 6. The Morgan fingerprint density at radius 2 is 0.547 bits per heavy atom. The maximum Gasteiger partial charge on any atom is 0.0878 e. The fourth-order valence-corrected chi connectivity index (χ4v) is 22.6. The van der Waals surface area contributed by atoms with Gasteiger partial charge < -0.3 is 0 Å². The molecule has 9 aromatic carbocycles. The molecule has 0 atom stereocenters. The minimum atomic E-state index is -2.96. The Hall–Kier alpha value is -7.57. The van der Waals surface area contributed by atoms with E-state index in [-0.39, 0.29) is 0 Å². The van der Waals surface area contributed by atoms with E-state index in [4.69, 9.17) is 45.6 Å². The zero-order chi connectivity index (χ0) is 50.8. The number of hydrogen-bond acceptors (Lipinski definition) is 10. The quantitative estimate of drug-likeness (QED) is 0.152. The molecule has 0 N–H and O–H groups in total. The summed E-state index contributed by atoms with van der Waals surface area (Å²) in [5.74, 6) is 0. The maximum atomic E-state index is 5.69. The lowest BCUT2D eigenvalue weighted by Crippen LogP contribution is -2.40. The first-order valence-electron chi connectivity index (χ1n) is 25.3. The van der Waals surface area contributed by atoms with Crippen molar-refractivity contribution in [1.29, 1.82) is 0 Å². The van der Waals surface area contributed by atoms with Gasteiger partial charge in [-0.05, 0) is 124 Å². The van der Waals surface area contributed by atoms with Crippen LogP contribution in [0.1, 0.15) is 23.6 Å². The van der Waals surface area contributed by atoms with Gasteiger partial charge in [-0.15, -0.1) is 29.9 Å². The smallest absolute Gasteiger partial charge is 0.0878 e. The van der Waals surface area contributed by atoms with E-state index in [0.29, 0.717) is 38.1 Å². The Kier molecular flexibility index (Phi) is 14.9. The van der Waals surface area contributed by atoms with Crippen LogP contribution in [-0.4, -0.2) is 23.4 Å². The van der Waals surface area contributed by atoms with Crippen molar-refractivity contribution in [2.75, 3.05) is 18.5 Å². The summed E-state index contributed by atoms with van der Waals surface area (Å²) in [7, 11) is -8.89. The van der Waals surface area contributed by atoms with Gasteiger partial charge in [-0.25, -0.2) is 0 Å². The number of nitrogens with zero attached hydrogens (tertiary/aromatic N) is 10. The molecule has 3 aliphatic heterocycles. The molecule has 12 rings (SSSR count). The highest BCUT2D eigenvalue weighted by Crippen LogP contribution is 2.63. The lowest BCUT2D eigenvalue weighted by atomic mass is 9.99. The molecule has 0 radical (unpaired) electrons. The third kappa shape index (κ3) is 11.1. The second-order valence-electron chi connectivity index (χ2n) is 19.6. The van der Waals surface area contributed by atoms with Gasteiger partial charge in [-0.3, -0.25) is 4.90 Å². The van der Waals surface area contributed by atoms with Gasteiger partial charge in [0.1, 0.15) is 0 Å². The standard InChI is InChI=1S/C62H57N10P3/c1-62-47-73(56-29-8-2-9-30-56,57-31-10-3-11-32-57)69-66-63-53-26-20-23-50(41-53)44-72(45-51-24-21-27-54(42-51)64-67-70-74(48-62,58-33-12-4-13-34-58)59-35-14-5-15-36-59)46-52-25-22-28-55(43-52)65-68-71-75(49-62,60-37-16-6-17-38-60)61-39-18-7-19-40-61/h2-43H,44-49H2,1H3. The molecule has 75 heavy (non-hydrogen) atoms. The Balaban J connectivity index is 1.30. The Labute approximate surface area is 440 Å². The Morgan fingerprint density at radius 3 is 0.787 bits per heavy atom. The van der Waals surface area contributed by atoms with Crippen LogP contribution < -0.4 is 31.8 Å². The van der Waals surface area contributed by atoms with E-state index in [1.54, 1.807) is 0 Å². The summed E-state index contributed by atoms with van der Waals surface area (Å²) >= 11 is 0. The average molecular weight is 1040 g/mol. The van der Waals surface area contributed by atoms with Gasteiger partial charge in [0.15, 0.2) is 0 Å². The van der Waals surface area contributed by atoms with Gasteiger partial charge in [-0.2, -0.15) is 0 Å². The highest BCUT2D eigenvalue weighted by Gasteiger charge is 2.46. The SMILES string of the molecule is CC12CP(c3ccccc3)(c3ccccc3)=NN=Nc3cccc(c3)CN(Cc3cccc(c3)N=NN=P(c3ccccc3)(c3ccccc3)C1)Cc1cccc(c1)N=NN=P(c1ccccc1)(c1ccccc1)C2. The van der Waals surface area contributed by atoms with Crippen LogP contribution in [0.5, 0.6) is 0 Å². The molecule has 0 saturated carbocycles. The van der Waals surface area contributed by atoms with Crippen LogP contribution in [0.2, 0.25) is 0 Å². The summed E-state index contributed by atoms with van der Waals surface area (Å²) in [5, 5.41) is 36.6. The van der Waals surface area contributed by atoms with Gasteiger partial charge in [0.25, 0.3) is 0 Å². The third-order valence-corrected chi connectivity index (χ3v) is 25.7. The Bertz CT molecular complexity index is 3150. The molecule has 9 aromatic rings. The van der Waals surface area contributed by atoms with Crippen molar-refractivity contribution < 1.29 is 0 Å². The van der Waals surface area contributed by atoms with Crippen molar-refractivity contribution in [3.63, 3.8) is 0 Å². The van der Waals surface area contributed by atoms with E-state index in [9.17, 15) is 0 Å². The summed E-state index contributed by atoms with van der Waals surface area (Å²) in [5.41, 5.74) is 4.82. The van der Waals surface area contributed by atoms with Gasteiger partial charge in [-0.1, -0.05) is 225 Å². The molecule has 10 nitrogen and oxygen atoms in total. The van der Waals surface area contributed by atoms with Crippen molar-refractivity contribution in [1.82, 2.24) is 4.90 Å². The van der Waals surface area contributed by atoms with E-state index in [1.807, 2.05) is 18.2 Å². The first kappa shape index (κ1) is 49.6. The van der Waals surface area contributed by atoms with Crippen LogP contribution in [-0.2, 0) is 19.6 Å². The van der Waals surface area contributed by atoms with Crippen LogP contribution >= 0.6 is 21.2 Å².